The summed E-state index contributed by atoms with van der Waals surface area (Å²) in [5, 5.41) is 10.5. The first-order valence-corrected chi connectivity index (χ1v) is 7.65. The molecule has 3 N–H and O–H groups in total. The highest BCUT2D eigenvalue weighted by Gasteiger charge is 2.35. The molecule has 0 spiro atoms. The van der Waals surface area contributed by atoms with E-state index in [0.29, 0.717) is 24.3 Å². The molecule has 0 radical (unpaired) electrons. The minimum Gasteiger partial charge on any atom is -0.398 e. The van der Waals surface area contributed by atoms with Crippen LogP contribution in [-0.2, 0) is 0 Å². The van der Waals surface area contributed by atoms with Gasteiger partial charge < -0.3 is 10.8 Å². The molecule has 110 valence electrons. The van der Waals surface area contributed by atoms with Crippen molar-refractivity contribution in [2.24, 2.45) is 0 Å². The van der Waals surface area contributed by atoms with Gasteiger partial charge in [-0.25, -0.2) is 0 Å². The van der Waals surface area contributed by atoms with Crippen molar-refractivity contribution in [3.8, 4) is 0 Å². The molecule has 20 heavy (non-hydrogen) atoms. The smallest absolute Gasteiger partial charge is 0.0936 e. The van der Waals surface area contributed by atoms with Crippen LogP contribution in [0.3, 0.4) is 0 Å². The molecule has 2 fully saturated rings. The third-order valence-corrected chi connectivity index (χ3v) is 4.83. The van der Waals surface area contributed by atoms with Crippen LogP contribution >= 0.6 is 0 Å². The van der Waals surface area contributed by atoms with Gasteiger partial charge in [0.05, 0.1) is 6.10 Å². The molecule has 4 heteroatoms. The number of piperazine rings is 1. The van der Waals surface area contributed by atoms with Gasteiger partial charge in [0, 0.05) is 43.0 Å². The van der Waals surface area contributed by atoms with E-state index >= 15 is 0 Å². The summed E-state index contributed by atoms with van der Waals surface area (Å²) in [4.78, 5) is 5.02. The van der Waals surface area contributed by atoms with E-state index in [9.17, 15) is 5.11 Å². The minimum atomic E-state index is -0.494. The topological polar surface area (TPSA) is 52.7 Å². The highest BCUT2D eigenvalue weighted by atomic mass is 16.3. The van der Waals surface area contributed by atoms with Crippen LogP contribution in [0.5, 0.6) is 0 Å². The molecular weight excluding hydrogens is 250 g/mol. The van der Waals surface area contributed by atoms with Crippen LogP contribution in [0.2, 0.25) is 0 Å². The van der Waals surface area contributed by atoms with Gasteiger partial charge in [0.2, 0.25) is 0 Å². The van der Waals surface area contributed by atoms with Gasteiger partial charge in [-0.15, -0.1) is 0 Å². The lowest BCUT2D eigenvalue weighted by Crippen LogP contribution is -2.55. The SMILES string of the molecule is CC1CN2CCCC2CN1CC(O)c1ccccc1N. The molecule has 0 aliphatic carbocycles. The maximum atomic E-state index is 10.5. The van der Waals surface area contributed by atoms with Crippen molar-refractivity contribution >= 4 is 5.69 Å². The van der Waals surface area contributed by atoms with E-state index in [2.05, 4.69) is 16.7 Å². The summed E-state index contributed by atoms with van der Waals surface area (Å²) < 4.78 is 0. The summed E-state index contributed by atoms with van der Waals surface area (Å²) in [7, 11) is 0. The molecule has 0 amide bonds. The number of hydrogen-bond donors (Lipinski definition) is 2. The van der Waals surface area contributed by atoms with Gasteiger partial charge in [0.1, 0.15) is 0 Å². The molecular formula is C16H25N3O. The average molecular weight is 275 g/mol. The van der Waals surface area contributed by atoms with Gasteiger partial charge >= 0.3 is 0 Å². The lowest BCUT2D eigenvalue weighted by Gasteiger charge is -2.43. The maximum Gasteiger partial charge on any atom is 0.0936 e. The lowest BCUT2D eigenvalue weighted by molar-refractivity contribution is 0.0228. The quantitative estimate of drug-likeness (QED) is 0.820. The van der Waals surface area contributed by atoms with Gasteiger partial charge in [-0.3, -0.25) is 9.80 Å². The van der Waals surface area contributed by atoms with Crippen molar-refractivity contribution in [3.63, 3.8) is 0 Å². The van der Waals surface area contributed by atoms with E-state index in [1.807, 2.05) is 24.3 Å². The Kier molecular flexibility index (Phi) is 3.96. The molecule has 2 aliphatic rings. The number of benzene rings is 1. The molecule has 3 rings (SSSR count). The summed E-state index contributed by atoms with van der Waals surface area (Å²) in [6.45, 7) is 6.39. The Morgan fingerprint density at radius 1 is 1.35 bits per heavy atom. The van der Waals surface area contributed by atoms with E-state index < -0.39 is 6.10 Å². The Hall–Kier alpha value is -1.10. The summed E-state index contributed by atoms with van der Waals surface area (Å²) in [6.07, 6.45) is 2.12. The largest absolute Gasteiger partial charge is 0.398 e. The number of para-hydroxylation sites is 1. The van der Waals surface area contributed by atoms with E-state index in [-0.39, 0.29) is 0 Å². The highest BCUT2D eigenvalue weighted by Crippen LogP contribution is 2.27. The molecule has 2 saturated heterocycles. The van der Waals surface area contributed by atoms with Crippen LogP contribution in [-0.4, -0.2) is 53.2 Å². The standard InChI is InChI=1S/C16H25N3O/c1-12-9-18-8-4-5-13(18)10-19(12)11-16(20)14-6-2-3-7-15(14)17/h2-3,6-7,12-13,16,20H,4-5,8-11,17H2,1H3. The van der Waals surface area contributed by atoms with Crippen LogP contribution < -0.4 is 5.73 Å². The first kappa shape index (κ1) is 13.9. The number of β-amino-alcohol motifs (C(OH)–C–C–N with tert-alkyl or cyclic N) is 1. The fourth-order valence-electron chi connectivity index (χ4n) is 3.64. The summed E-state index contributed by atoms with van der Waals surface area (Å²) in [6, 6.07) is 8.82. The number of nitrogen functional groups attached to an aromatic ring is 1. The van der Waals surface area contributed by atoms with Crippen LogP contribution in [0, 0.1) is 0 Å². The number of aliphatic hydroxyl groups is 1. The molecule has 2 heterocycles. The zero-order valence-corrected chi connectivity index (χ0v) is 12.2. The lowest BCUT2D eigenvalue weighted by atomic mass is 10.0. The molecule has 2 aliphatic heterocycles. The predicted molar refractivity (Wildman–Crippen MR) is 81.4 cm³/mol. The van der Waals surface area contributed by atoms with Crippen LogP contribution in [0.15, 0.2) is 24.3 Å². The van der Waals surface area contributed by atoms with Gasteiger partial charge in [0.15, 0.2) is 0 Å². The second kappa shape index (κ2) is 5.72. The predicted octanol–water partition coefficient (Wildman–Crippen LogP) is 1.47. The Morgan fingerprint density at radius 3 is 2.95 bits per heavy atom. The molecule has 0 aromatic heterocycles. The fraction of sp³-hybridized carbons (Fsp3) is 0.625. The third kappa shape index (κ3) is 2.68. The molecule has 1 aromatic carbocycles. The third-order valence-electron chi connectivity index (χ3n) is 4.83. The summed E-state index contributed by atoms with van der Waals surface area (Å²) >= 11 is 0. The first-order valence-electron chi connectivity index (χ1n) is 7.65. The van der Waals surface area contributed by atoms with E-state index in [0.717, 1.165) is 18.7 Å². The molecule has 0 bridgehead atoms. The zero-order valence-electron chi connectivity index (χ0n) is 12.2. The number of nitrogens with two attached hydrogens (primary N) is 1. The van der Waals surface area contributed by atoms with E-state index in [4.69, 9.17) is 5.73 Å². The molecule has 4 nitrogen and oxygen atoms in total. The normalized spacial score (nSPS) is 29.3. The van der Waals surface area contributed by atoms with Crippen molar-refractivity contribution < 1.29 is 5.11 Å². The number of rotatable bonds is 3. The summed E-state index contributed by atoms with van der Waals surface area (Å²) in [5.74, 6) is 0. The van der Waals surface area contributed by atoms with Crippen molar-refractivity contribution in [1.82, 2.24) is 9.80 Å². The molecule has 0 saturated carbocycles. The van der Waals surface area contributed by atoms with Crippen molar-refractivity contribution in [2.45, 2.75) is 38.0 Å². The van der Waals surface area contributed by atoms with Gasteiger partial charge in [-0.05, 0) is 32.4 Å². The maximum absolute atomic E-state index is 10.5. The van der Waals surface area contributed by atoms with Crippen molar-refractivity contribution in [1.29, 1.82) is 0 Å². The molecule has 3 atom stereocenters. The Bertz CT molecular complexity index is 465. The van der Waals surface area contributed by atoms with Crippen molar-refractivity contribution in [2.75, 3.05) is 31.9 Å². The van der Waals surface area contributed by atoms with Crippen LogP contribution in [0.4, 0.5) is 5.69 Å². The average Bonchev–Trinajstić information content (AvgIpc) is 2.86. The van der Waals surface area contributed by atoms with E-state index in [1.54, 1.807) is 0 Å². The van der Waals surface area contributed by atoms with Gasteiger partial charge in [-0.2, -0.15) is 0 Å². The molecule has 1 aromatic rings. The Morgan fingerprint density at radius 2 is 2.15 bits per heavy atom. The zero-order chi connectivity index (χ0) is 14.1. The van der Waals surface area contributed by atoms with Gasteiger partial charge in [0.25, 0.3) is 0 Å². The van der Waals surface area contributed by atoms with Gasteiger partial charge in [-0.1, -0.05) is 18.2 Å². The highest BCUT2D eigenvalue weighted by molar-refractivity contribution is 5.47. The number of nitrogens with zero attached hydrogens (tertiary/aromatic N) is 2. The number of anilines is 1. The summed E-state index contributed by atoms with van der Waals surface area (Å²) in [5.41, 5.74) is 7.50. The van der Waals surface area contributed by atoms with Crippen molar-refractivity contribution in [3.05, 3.63) is 29.8 Å². The number of aliphatic hydroxyl groups excluding tert-OH is 1. The number of hydrogen-bond acceptors (Lipinski definition) is 4. The monoisotopic (exact) mass is 275 g/mol. The number of fused-ring (bicyclic) bond motifs is 1. The van der Waals surface area contributed by atoms with Crippen LogP contribution in [0.1, 0.15) is 31.4 Å². The fourth-order valence-corrected chi connectivity index (χ4v) is 3.64. The molecule has 3 unspecified atom stereocenters. The Labute approximate surface area is 121 Å². The minimum absolute atomic E-state index is 0.494. The first-order chi connectivity index (χ1) is 9.65. The Balaban J connectivity index is 1.66. The van der Waals surface area contributed by atoms with E-state index in [1.165, 1.54) is 19.4 Å². The second-order valence-electron chi connectivity index (χ2n) is 6.24. The second-order valence-corrected chi connectivity index (χ2v) is 6.24. The van der Waals surface area contributed by atoms with Crippen LogP contribution in [0.25, 0.3) is 0 Å².